The molecule has 0 atom stereocenters. The Balaban J connectivity index is 1.83. The van der Waals surface area contributed by atoms with E-state index in [9.17, 15) is 21.6 Å². The highest BCUT2D eigenvalue weighted by Gasteiger charge is 2.46. The molecule has 2 heterocycles. The van der Waals surface area contributed by atoms with Crippen molar-refractivity contribution in [2.75, 3.05) is 5.32 Å². The number of nitrogens with one attached hydrogen (secondary N) is 1. The number of nitrogens with zero attached hydrogens (tertiary/aromatic N) is 3. The number of halogens is 3. The fourth-order valence-corrected chi connectivity index (χ4v) is 3.39. The van der Waals surface area contributed by atoms with E-state index < -0.39 is 21.4 Å². The molecule has 3 rings (SSSR count). The van der Waals surface area contributed by atoms with Gasteiger partial charge in [0, 0.05) is 23.7 Å². The summed E-state index contributed by atoms with van der Waals surface area (Å²) in [5.74, 6) is -0.0978. The fraction of sp³-hybridized carbons (Fsp3) is 0.154. The summed E-state index contributed by atoms with van der Waals surface area (Å²) in [5, 5.41) is 3.75. The molecule has 0 unspecified atom stereocenters. The minimum absolute atomic E-state index is 0.248. The molecule has 12 heteroatoms. The molecule has 0 spiro atoms. The van der Waals surface area contributed by atoms with Crippen LogP contribution >= 0.6 is 11.8 Å². The van der Waals surface area contributed by atoms with Crippen LogP contribution in [0.25, 0.3) is 0 Å². The summed E-state index contributed by atoms with van der Waals surface area (Å²) >= 11 is 1.38. The highest BCUT2D eigenvalue weighted by molar-refractivity contribution is 7.99. The van der Waals surface area contributed by atoms with E-state index in [2.05, 4.69) is 19.7 Å². The first kappa shape index (κ1) is 17.5. The molecule has 0 saturated heterocycles. The van der Waals surface area contributed by atoms with Crippen LogP contribution in [0, 0.1) is 0 Å². The third-order valence-electron chi connectivity index (χ3n) is 3.08. The van der Waals surface area contributed by atoms with Gasteiger partial charge in [-0.25, -0.2) is 9.97 Å². The second-order valence-electron chi connectivity index (χ2n) is 4.95. The van der Waals surface area contributed by atoms with Gasteiger partial charge in [-0.1, -0.05) is 17.8 Å². The summed E-state index contributed by atoms with van der Waals surface area (Å²) in [6, 6.07) is 4.99. The van der Waals surface area contributed by atoms with E-state index in [4.69, 9.17) is 5.73 Å². The lowest BCUT2D eigenvalue weighted by atomic mass is 10.1. The number of nitrogens with two attached hydrogens (primary N) is 1. The number of amidine groups is 1. The summed E-state index contributed by atoms with van der Waals surface area (Å²) in [5.41, 5.74) is 1.05. The lowest BCUT2D eigenvalue weighted by Crippen LogP contribution is -2.25. The number of hydrogen-bond acceptors (Lipinski definition) is 6. The summed E-state index contributed by atoms with van der Waals surface area (Å²) in [4.78, 5) is 9.16. The Morgan fingerprint density at radius 2 is 2.00 bits per heavy atom. The zero-order valence-corrected chi connectivity index (χ0v) is 13.9. The maximum atomic E-state index is 12.3. The van der Waals surface area contributed by atoms with Crippen LogP contribution in [0.4, 0.5) is 24.7 Å². The SMILES string of the molecule is NC(Cc1ccc2c(c1)Nc1nccnc1S2)=NS(=O)(=O)C(F)(F)F. The third-order valence-corrected chi connectivity index (χ3v) is 5.21. The predicted molar refractivity (Wildman–Crippen MR) is 86.2 cm³/mol. The zero-order valence-electron chi connectivity index (χ0n) is 12.3. The highest BCUT2D eigenvalue weighted by Crippen LogP contribution is 2.42. The maximum absolute atomic E-state index is 12.3. The molecule has 1 aromatic carbocycles. The van der Waals surface area contributed by atoms with Gasteiger partial charge in [0.15, 0.2) is 5.82 Å². The second-order valence-corrected chi connectivity index (χ2v) is 7.57. The number of anilines is 2. The summed E-state index contributed by atoms with van der Waals surface area (Å²) in [7, 11) is -5.65. The van der Waals surface area contributed by atoms with E-state index in [0.29, 0.717) is 22.1 Å². The number of benzene rings is 1. The van der Waals surface area contributed by atoms with Crippen LogP contribution in [0.3, 0.4) is 0 Å². The smallest absolute Gasteiger partial charge is 0.386 e. The van der Waals surface area contributed by atoms with Gasteiger partial charge in [0.1, 0.15) is 10.9 Å². The van der Waals surface area contributed by atoms with Gasteiger partial charge >= 0.3 is 15.5 Å². The molecule has 0 bridgehead atoms. The van der Waals surface area contributed by atoms with Crippen molar-refractivity contribution < 1.29 is 21.6 Å². The van der Waals surface area contributed by atoms with Crippen molar-refractivity contribution in [1.29, 1.82) is 0 Å². The largest absolute Gasteiger partial charge is 0.518 e. The van der Waals surface area contributed by atoms with Gasteiger partial charge in [0.2, 0.25) is 0 Å². The van der Waals surface area contributed by atoms with Crippen LogP contribution in [0.5, 0.6) is 0 Å². The molecule has 0 fully saturated rings. The van der Waals surface area contributed by atoms with Crippen LogP contribution in [0.2, 0.25) is 0 Å². The predicted octanol–water partition coefficient (Wildman–Crippen LogP) is 2.43. The molecular formula is C13H10F3N5O2S2. The van der Waals surface area contributed by atoms with Crippen molar-refractivity contribution in [2.24, 2.45) is 10.1 Å². The number of hydrogen-bond donors (Lipinski definition) is 2. The second kappa shape index (κ2) is 6.19. The molecule has 3 N–H and O–H groups in total. The molecule has 1 aliphatic rings. The first-order valence-electron chi connectivity index (χ1n) is 6.70. The quantitative estimate of drug-likeness (QED) is 0.523. The molecule has 25 heavy (non-hydrogen) atoms. The normalized spacial score (nSPS) is 14.4. The fourth-order valence-electron chi connectivity index (χ4n) is 2.04. The number of fused-ring (bicyclic) bond motifs is 2. The zero-order chi connectivity index (χ0) is 18.2. The molecule has 132 valence electrons. The molecule has 1 aromatic heterocycles. The van der Waals surface area contributed by atoms with Crippen LogP contribution in [0.1, 0.15) is 5.56 Å². The summed E-state index contributed by atoms with van der Waals surface area (Å²) in [6.07, 6.45) is 2.83. The lowest BCUT2D eigenvalue weighted by molar-refractivity contribution is -0.0435. The molecule has 0 amide bonds. The Labute approximate surface area is 144 Å². The van der Waals surface area contributed by atoms with Crippen LogP contribution in [-0.4, -0.2) is 29.7 Å². The van der Waals surface area contributed by atoms with Crippen LogP contribution in [0.15, 0.2) is 44.9 Å². The molecule has 0 radical (unpaired) electrons. The first-order chi connectivity index (χ1) is 11.7. The molecule has 1 aliphatic heterocycles. The molecule has 7 nitrogen and oxygen atoms in total. The topological polar surface area (TPSA) is 110 Å². The van der Waals surface area contributed by atoms with Crippen LogP contribution in [-0.2, 0) is 16.4 Å². The van der Waals surface area contributed by atoms with Gasteiger partial charge in [-0.05, 0) is 17.7 Å². The van der Waals surface area contributed by atoms with E-state index in [1.807, 2.05) is 0 Å². The number of rotatable bonds is 3. The maximum Gasteiger partial charge on any atom is 0.518 e. The van der Waals surface area contributed by atoms with Gasteiger partial charge < -0.3 is 11.1 Å². The van der Waals surface area contributed by atoms with Gasteiger partial charge in [-0.2, -0.15) is 21.6 Å². The van der Waals surface area contributed by atoms with Crippen molar-refractivity contribution in [2.45, 2.75) is 21.9 Å². The van der Waals surface area contributed by atoms with E-state index in [1.54, 1.807) is 24.4 Å². The van der Waals surface area contributed by atoms with Crippen molar-refractivity contribution in [3.8, 4) is 0 Å². The monoisotopic (exact) mass is 389 g/mol. The van der Waals surface area contributed by atoms with E-state index in [-0.39, 0.29) is 6.42 Å². The Hall–Kier alpha value is -2.34. The minimum atomic E-state index is -5.65. The van der Waals surface area contributed by atoms with Crippen molar-refractivity contribution in [3.63, 3.8) is 0 Å². The number of sulfonamides is 1. The van der Waals surface area contributed by atoms with Crippen LogP contribution < -0.4 is 11.1 Å². The standard InChI is InChI=1S/C13H10F3N5O2S2/c14-13(15,16)25(22,23)21-10(17)6-7-1-2-9-8(5-7)20-11-12(24-9)19-4-3-18-11/h1-5H,6H2,(H2,17,21)(H,18,20). The van der Waals surface area contributed by atoms with E-state index in [1.165, 1.54) is 18.0 Å². The van der Waals surface area contributed by atoms with E-state index in [0.717, 1.165) is 4.90 Å². The van der Waals surface area contributed by atoms with Gasteiger partial charge in [0.05, 0.1) is 5.69 Å². The lowest BCUT2D eigenvalue weighted by Gasteiger charge is -2.19. The van der Waals surface area contributed by atoms with Gasteiger partial charge in [-0.3, -0.25) is 0 Å². The Kier molecular flexibility index (Phi) is 4.33. The Morgan fingerprint density at radius 3 is 2.72 bits per heavy atom. The van der Waals surface area contributed by atoms with Gasteiger partial charge in [0.25, 0.3) is 0 Å². The third kappa shape index (κ3) is 3.69. The van der Waals surface area contributed by atoms with E-state index >= 15 is 0 Å². The molecule has 0 saturated carbocycles. The summed E-state index contributed by atoms with van der Waals surface area (Å²) in [6.45, 7) is 0. The Bertz CT molecular complexity index is 960. The Morgan fingerprint density at radius 1 is 1.28 bits per heavy atom. The first-order valence-corrected chi connectivity index (χ1v) is 8.96. The van der Waals surface area contributed by atoms with Crippen molar-refractivity contribution in [1.82, 2.24) is 9.97 Å². The number of alkyl halides is 3. The highest BCUT2D eigenvalue weighted by atomic mass is 32.2. The van der Waals surface area contributed by atoms with Gasteiger partial charge in [-0.15, -0.1) is 4.40 Å². The average Bonchev–Trinajstić information content (AvgIpc) is 2.51. The molecule has 2 aromatic rings. The summed E-state index contributed by atoms with van der Waals surface area (Å²) < 4.78 is 61.6. The minimum Gasteiger partial charge on any atom is -0.386 e. The molecule has 0 aliphatic carbocycles. The van der Waals surface area contributed by atoms with Crippen molar-refractivity contribution in [3.05, 3.63) is 36.2 Å². The number of aromatic nitrogens is 2. The molecular weight excluding hydrogens is 379 g/mol. The average molecular weight is 389 g/mol. The van der Waals surface area contributed by atoms with Crippen molar-refractivity contribution >= 4 is 39.1 Å².